The molecule has 1 N–H and O–H groups in total. The Morgan fingerprint density at radius 3 is 2.85 bits per heavy atom. The number of aromatic hydroxyl groups is 1. The normalized spacial score (nSPS) is 12.9. The van der Waals surface area contributed by atoms with E-state index in [0.717, 1.165) is 18.4 Å². The van der Waals surface area contributed by atoms with Crippen molar-refractivity contribution in [3.05, 3.63) is 65.2 Å². The summed E-state index contributed by atoms with van der Waals surface area (Å²) in [5.41, 5.74) is 5.26. The molecule has 0 aromatic heterocycles. The summed E-state index contributed by atoms with van der Waals surface area (Å²) in [4.78, 5) is 0. The zero-order valence-electron chi connectivity index (χ0n) is 11.6. The fraction of sp³-hybridized carbons (Fsp3) is 0.222. The van der Waals surface area contributed by atoms with Gasteiger partial charge in [0.1, 0.15) is 0 Å². The lowest BCUT2D eigenvalue weighted by Crippen LogP contribution is -1.94. The highest BCUT2D eigenvalue weighted by atomic mass is 16.5. The van der Waals surface area contributed by atoms with Crippen molar-refractivity contribution in [3.8, 4) is 11.5 Å². The minimum Gasteiger partial charge on any atom is -0.504 e. The average Bonchev–Trinajstić information content (AvgIpc) is 2.86. The summed E-state index contributed by atoms with van der Waals surface area (Å²) in [7, 11) is 0. The van der Waals surface area contributed by atoms with E-state index in [1.54, 1.807) is 6.07 Å². The topological polar surface area (TPSA) is 29.5 Å². The summed E-state index contributed by atoms with van der Waals surface area (Å²) in [6.45, 7) is 2.48. The highest BCUT2D eigenvalue weighted by molar-refractivity contribution is 5.74. The standard InChI is InChI=1S/C18H18O2/c1-2-20-18-12-13(7-10-17(18)19)11-15-9-8-14-5-3-4-6-16(14)15/h3-7,9-10,12,19H,2,8,11H2,1H3. The molecule has 2 aromatic rings. The predicted molar refractivity (Wildman–Crippen MR) is 81.1 cm³/mol. The molecule has 3 rings (SSSR count). The second-order valence-electron chi connectivity index (χ2n) is 5.00. The summed E-state index contributed by atoms with van der Waals surface area (Å²) in [6, 6.07) is 14.1. The fourth-order valence-corrected chi connectivity index (χ4v) is 2.68. The smallest absolute Gasteiger partial charge is 0.161 e. The third-order valence-corrected chi connectivity index (χ3v) is 3.65. The lowest BCUT2D eigenvalue weighted by atomic mass is 9.99. The molecule has 0 bridgehead atoms. The molecular weight excluding hydrogens is 248 g/mol. The molecule has 0 unspecified atom stereocenters. The van der Waals surface area contributed by atoms with Crippen molar-refractivity contribution >= 4 is 5.57 Å². The Morgan fingerprint density at radius 1 is 1.15 bits per heavy atom. The SMILES string of the molecule is CCOc1cc(CC2=CCc3ccccc32)ccc1O. The van der Waals surface area contributed by atoms with Crippen LogP contribution >= 0.6 is 0 Å². The van der Waals surface area contributed by atoms with Crippen LogP contribution in [0.1, 0.15) is 23.6 Å². The molecule has 2 heteroatoms. The van der Waals surface area contributed by atoms with E-state index in [-0.39, 0.29) is 5.75 Å². The fourth-order valence-electron chi connectivity index (χ4n) is 2.68. The number of allylic oxidation sites excluding steroid dienone is 2. The average molecular weight is 266 g/mol. The van der Waals surface area contributed by atoms with E-state index >= 15 is 0 Å². The summed E-state index contributed by atoms with van der Waals surface area (Å²) in [6.07, 6.45) is 4.18. The van der Waals surface area contributed by atoms with Crippen LogP contribution in [0.2, 0.25) is 0 Å². The van der Waals surface area contributed by atoms with Gasteiger partial charge < -0.3 is 9.84 Å². The van der Waals surface area contributed by atoms with Crippen LogP contribution in [-0.4, -0.2) is 11.7 Å². The van der Waals surface area contributed by atoms with Gasteiger partial charge >= 0.3 is 0 Å². The van der Waals surface area contributed by atoms with Crippen LogP contribution in [0.15, 0.2) is 48.5 Å². The third-order valence-electron chi connectivity index (χ3n) is 3.65. The van der Waals surface area contributed by atoms with Crippen molar-refractivity contribution in [1.82, 2.24) is 0 Å². The van der Waals surface area contributed by atoms with Crippen molar-refractivity contribution in [1.29, 1.82) is 0 Å². The number of fused-ring (bicyclic) bond motifs is 1. The zero-order valence-corrected chi connectivity index (χ0v) is 11.6. The van der Waals surface area contributed by atoms with Gasteiger partial charge in [-0.3, -0.25) is 0 Å². The predicted octanol–water partition coefficient (Wildman–Crippen LogP) is 3.97. The first-order valence-electron chi connectivity index (χ1n) is 7.00. The Kier molecular flexibility index (Phi) is 3.46. The second kappa shape index (κ2) is 5.41. The van der Waals surface area contributed by atoms with Gasteiger partial charge in [0.05, 0.1) is 6.61 Å². The van der Waals surface area contributed by atoms with Crippen molar-refractivity contribution in [2.45, 2.75) is 19.8 Å². The van der Waals surface area contributed by atoms with Gasteiger partial charge in [0, 0.05) is 0 Å². The van der Waals surface area contributed by atoms with Crippen LogP contribution in [0.5, 0.6) is 11.5 Å². The van der Waals surface area contributed by atoms with Crippen molar-refractivity contribution in [3.63, 3.8) is 0 Å². The van der Waals surface area contributed by atoms with Crippen molar-refractivity contribution in [2.24, 2.45) is 0 Å². The van der Waals surface area contributed by atoms with Crippen LogP contribution in [0.3, 0.4) is 0 Å². The van der Waals surface area contributed by atoms with E-state index in [1.807, 2.05) is 19.1 Å². The molecule has 2 nitrogen and oxygen atoms in total. The quantitative estimate of drug-likeness (QED) is 0.907. The number of phenolic OH excluding ortho intramolecular Hbond substituents is 1. The summed E-state index contributed by atoms with van der Waals surface area (Å²) < 4.78 is 5.44. The molecule has 1 aliphatic rings. The van der Waals surface area contributed by atoms with Crippen LogP contribution in [0.4, 0.5) is 0 Å². The molecule has 0 amide bonds. The monoisotopic (exact) mass is 266 g/mol. The van der Waals surface area contributed by atoms with Gasteiger partial charge in [0.15, 0.2) is 11.5 Å². The maximum atomic E-state index is 9.75. The van der Waals surface area contributed by atoms with Crippen molar-refractivity contribution < 1.29 is 9.84 Å². The summed E-state index contributed by atoms with van der Waals surface area (Å²) in [5.74, 6) is 0.772. The second-order valence-corrected chi connectivity index (χ2v) is 5.00. The molecule has 0 saturated heterocycles. The first-order valence-corrected chi connectivity index (χ1v) is 7.00. The summed E-state index contributed by atoms with van der Waals surface area (Å²) in [5, 5.41) is 9.75. The lowest BCUT2D eigenvalue weighted by molar-refractivity contribution is 0.318. The van der Waals surface area contributed by atoms with Crippen LogP contribution in [-0.2, 0) is 12.8 Å². The number of ether oxygens (including phenoxy) is 1. The number of hydrogen-bond donors (Lipinski definition) is 1. The molecule has 0 fully saturated rings. The highest BCUT2D eigenvalue weighted by Crippen LogP contribution is 2.32. The maximum absolute atomic E-state index is 9.75. The molecule has 1 aliphatic carbocycles. The van der Waals surface area contributed by atoms with E-state index in [9.17, 15) is 5.11 Å². The van der Waals surface area contributed by atoms with Gasteiger partial charge in [-0.1, -0.05) is 36.4 Å². The first kappa shape index (κ1) is 12.8. The minimum absolute atomic E-state index is 0.205. The Hall–Kier alpha value is -2.22. The first-order chi connectivity index (χ1) is 9.78. The van der Waals surface area contributed by atoms with Gasteiger partial charge in [-0.05, 0) is 54.2 Å². The van der Waals surface area contributed by atoms with Gasteiger partial charge in [-0.25, -0.2) is 0 Å². The van der Waals surface area contributed by atoms with Gasteiger partial charge in [-0.15, -0.1) is 0 Å². The third kappa shape index (κ3) is 2.42. The lowest BCUT2D eigenvalue weighted by Gasteiger charge is -2.10. The van der Waals surface area contributed by atoms with Gasteiger partial charge in [0.2, 0.25) is 0 Å². The number of benzene rings is 2. The molecular formula is C18H18O2. The van der Waals surface area contributed by atoms with Crippen molar-refractivity contribution in [2.75, 3.05) is 6.61 Å². The molecule has 0 heterocycles. The van der Waals surface area contributed by atoms with Gasteiger partial charge in [0.25, 0.3) is 0 Å². The molecule has 0 saturated carbocycles. The number of phenols is 1. The van der Waals surface area contributed by atoms with Crippen LogP contribution in [0.25, 0.3) is 5.57 Å². The number of hydrogen-bond acceptors (Lipinski definition) is 2. The number of rotatable bonds is 4. The molecule has 20 heavy (non-hydrogen) atoms. The summed E-state index contributed by atoms with van der Waals surface area (Å²) >= 11 is 0. The Balaban J connectivity index is 1.84. The minimum atomic E-state index is 0.205. The maximum Gasteiger partial charge on any atom is 0.161 e. The molecule has 0 spiro atoms. The largest absolute Gasteiger partial charge is 0.504 e. The van der Waals surface area contributed by atoms with E-state index in [2.05, 4.69) is 30.3 Å². The Labute approximate surface area is 119 Å². The molecule has 0 radical (unpaired) electrons. The molecule has 0 atom stereocenters. The van der Waals surface area contributed by atoms with Crippen LogP contribution in [0, 0.1) is 0 Å². The van der Waals surface area contributed by atoms with Crippen LogP contribution < -0.4 is 4.74 Å². The highest BCUT2D eigenvalue weighted by Gasteiger charge is 2.14. The molecule has 102 valence electrons. The van der Waals surface area contributed by atoms with E-state index < -0.39 is 0 Å². The molecule has 2 aromatic carbocycles. The van der Waals surface area contributed by atoms with E-state index in [0.29, 0.717) is 12.4 Å². The molecule has 0 aliphatic heterocycles. The Bertz CT molecular complexity index is 656. The van der Waals surface area contributed by atoms with E-state index in [1.165, 1.54) is 16.7 Å². The Morgan fingerprint density at radius 2 is 2.00 bits per heavy atom. The van der Waals surface area contributed by atoms with Gasteiger partial charge in [-0.2, -0.15) is 0 Å². The van der Waals surface area contributed by atoms with E-state index in [4.69, 9.17) is 4.74 Å². The zero-order chi connectivity index (χ0) is 13.9.